The Hall–Kier alpha value is -3.10. The average Bonchev–Trinajstić information content (AvgIpc) is 3.17. The molecule has 0 aliphatic heterocycles. The molecule has 0 N–H and O–H groups in total. The number of aryl methyl sites for hydroxylation is 2. The number of amides is 1. The van der Waals surface area contributed by atoms with Crippen molar-refractivity contribution in [1.29, 1.82) is 0 Å². The van der Waals surface area contributed by atoms with E-state index in [4.69, 9.17) is 4.98 Å². The van der Waals surface area contributed by atoms with Gasteiger partial charge in [0.25, 0.3) is 11.6 Å². The van der Waals surface area contributed by atoms with Crippen LogP contribution in [0.25, 0.3) is 16.3 Å². The number of thiazole rings is 1. The van der Waals surface area contributed by atoms with Gasteiger partial charge in [-0.25, -0.2) is 4.98 Å². The zero-order valence-corrected chi connectivity index (χ0v) is 19.7. The third kappa shape index (κ3) is 5.57. The Bertz CT molecular complexity index is 1100. The number of nitro groups is 1. The number of rotatable bonds is 9. The third-order valence-corrected chi connectivity index (χ3v) is 6.59. The summed E-state index contributed by atoms with van der Waals surface area (Å²) in [4.78, 5) is 32.3. The molecule has 0 radical (unpaired) electrons. The fraction of sp³-hybridized carbons (Fsp3) is 0.333. The lowest BCUT2D eigenvalue weighted by atomic mass is 10.1. The van der Waals surface area contributed by atoms with Gasteiger partial charge in [-0.1, -0.05) is 25.2 Å². The van der Waals surface area contributed by atoms with Gasteiger partial charge in [0.2, 0.25) is 0 Å². The number of likely N-dealkylation sites (N-methyl/N-ethyl adjacent to an activating group) is 1. The number of nitrogens with zero attached hydrogens (tertiary/aromatic N) is 4. The number of carbonyl (C=O) groups excluding carboxylic acids is 1. The predicted octanol–water partition coefficient (Wildman–Crippen LogP) is 5.21. The van der Waals surface area contributed by atoms with Crippen molar-refractivity contribution in [3.8, 4) is 0 Å². The molecule has 1 heterocycles. The molecule has 0 bridgehead atoms. The number of fused-ring (bicyclic) bond motifs is 1. The smallest absolute Gasteiger partial charge is 0.269 e. The van der Waals surface area contributed by atoms with Crippen LogP contribution in [-0.4, -0.2) is 46.9 Å². The first-order chi connectivity index (χ1) is 15.3. The lowest BCUT2D eigenvalue weighted by molar-refractivity contribution is -0.384. The maximum Gasteiger partial charge on any atom is 0.269 e. The van der Waals surface area contributed by atoms with Crippen LogP contribution in [0.4, 0.5) is 10.8 Å². The standard InChI is InChI=1S/C24H28N4O3S/c1-5-26(6-2)13-14-27(24-25-21-15-17(3)18(4)16-22(21)32-24)23(29)12-9-19-7-10-20(11-8-19)28(30)31/h7-12,15-16H,5-6,13-14H2,1-4H3/b12-9+. The molecular formula is C24H28N4O3S. The van der Waals surface area contributed by atoms with Crippen molar-refractivity contribution in [3.05, 3.63) is 69.3 Å². The molecule has 0 aliphatic carbocycles. The lowest BCUT2D eigenvalue weighted by Crippen LogP contribution is -2.38. The van der Waals surface area contributed by atoms with Crippen molar-refractivity contribution in [3.63, 3.8) is 0 Å². The molecule has 3 aromatic rings. The van der Waals surface area contributed by atoms with E-state index in [2.05, 4.69) is 44.7 Å². The highest BCUT2D eigenvalue weighted by Crippen LogP contribution is 2.31. The number of non-ortho nitro benzene ring substituents is 1. The number of carbonyl (C=O) groups is 1. The summed E-state index contributed by atoms with van der Waals surface area (Å²) in [6.07, 6.45) is 3.18. The number of hydrogen-bond acceptors (Lipinski definition) is 6. The molecule has 0 fully saturated rings. The molecule has 1 amide bonds. The van der Waals surface area contributed by atoms with Crippen LogP contribution in [-0.2, 0) is 4.79 Å². The minimum atomic E-state index is -0.440. The molecule has 0 unspecified atom stereocenters. The molecule has 0 atom stereocenters. The minimum absolute atomic E-state index is 0.0226. The minimum Gasteiger partial charge on any atom is -0.302 e. The van der Waals surface area contributed by atoms with Gasteiger partial charge in [-0.05, 0) is 74.0 Å². The summed E-state index contributed by atoms with van der Waals surface area (Å²) >= 11 is 1.52. The summed E-state index contributed by atoms with van der Waals surface area (Å²) in [7, 11) is 0. The molecular weight excluding hydrogens is 424 g/mol. The first-order valence-electron chi connectivity index (χ1n) is 10.7. The van der Waals surface area contributed by atoms with Gasteiger partial charge in [0.15, 0.2) is 5.13 Å². The number of hydrogen-bond donors (Lipinski definition) is 0. The second kappa shape index (κ2) is 10.5. The maximum absolute atomic E-state index is 13.2. The van der Waals surface area contributed by atoms with E-state index in [0.29, 0.717) is 11.7 Å². The molecule has 2 aromatic carbocycles. The molecule has 168 valence electrons. The van der Waals surface area contributed by atoms with Crippen LogP contribution >= 0.6 is 11.3 Å². The van der Waals surface area contributed by atoms with Gasteiger partial charge >= 0.3 is 0 Å². The molecule has 0 saturated carbocycles. The highest BCUT2D eigenvalue weighted by molar-refractivity contribution is 7.22. The van der Waals surface area contributed by atoms with Crippen LogP contribution in [0.3, 0.4) is 0 Å². The van der Waals surface area contributed by atoms with Crippen molar-refractivity contribution in [2.75, 3.05) is 31.1 Å². The number of aromatic nitrogens is 1. The van der Waals surface area contributed by atoms with Gasteiger partial charge in [-0.15, -0.1) is 0 Å². The second-order valence-corrected chi connectivity index (χ2v) is 8.61. The van der Waals surface area contributed by atoms with E-state index in [1.54, 1.807) is 23.1 Å². The largest absolute Gasteiger partial charge is 0.302 e. The number of anilines is 1. The van der Waals surface area contributed by atoms with Crippen LogP contribution in [0.1, 0.15) is 30.5 Å². The average molecular weight is 453 g/mol. The Labute approximate surface area is 192 Å². The molecule has 0 spiro atoms. The van der Waals surface area contributed by atoms with Gasteiger partial charge < -0.3 is 4.90 Å². The molecule has 32 heavy (non-hydrogen) atoms. The van der Waals surface area contributed by atoms with Crippen molar-refractivity contribution in [2.24, 2.45) is 0 Å². The van der Waals surface area contributed by atoms with Crippen LogP contribution in [0, 0.1) is 24.0 Å². The van der Waals surface area contributed by atoms with Gasteiger partial charge in [0, 0.05) is 31.3 Å². The van der Waals surface area contributed by atoms with E-state index in [9.17, 15) is 14.9 Å². The molecule has 3 rings (SSSR count). The Balaban J connectivity index is 1.87. The predicted molar refractivity (Wildman–Crippen MR) is 131 cm³/mol. The third-order valence-electron chi connectivity index (χ3n) is 5.55. The normalized spacial score (nSPS) is 11.5. The van der Waals surface area contributed by atoms with E-state index in [1.807, 2.05) is 0 Å². The van der Waals surface area contributed by atoms with Crippen LogP contribution in [0.2, 0.25) is 0 Å². The summed E-state index contributed by atoms with van der Waals surface area (Å²) in [6, 6.07) is 10.3. The van der Waals surface area contributed by atoms with Gasteiger partial charge in [-0.2, -0.15) is 0 Å². The van der Waals surface area contributed by atoms with Crippen molar-refractivity contribution < 1.29 is 9.72 Å². The maximum atomic E-state index is 13.2. The number of nitro benzene ring substituents is 1. The summed E-state index contributed by atoms with van der Waals surface area (Å²) in [5, 5.41) is 11.5. The van der Waals surface area contributed by atoms with Gasteiger partial charge in [0.05, 0.1) is 15.1 Å². The molecule has 1 aromatic heterocycles. The first-order valence-corrected chi connectivity index (χ1v) is 11.5. The monoisotopic (exact) mass is 452 g/mol. The Kier molecular flexibility index (Phi) is 7.71. The molecule has 8 heteroatoms. The highest BCUT2D eigenvalue weighted by atomic mass is 32.1. The van der Waals surface area contributed by atoms with Gasteiger partial charge in [-0.3, -0.25) is 19.8 Å². The summed E-state index contributed by atoms with van der Waals surface area (Å²) in [6.45, 7) is 11.4. The molecule has 0 saturated heterocycles. The van der Waals surface area contributed by atoms with E-state index < -0.39 is 4.92 Å². The van der Waals surface area contributed by atoms with Crippen LogP contribution < -0.4 is 4.90 Å². The zero-order valence-electron chi connectivity index (χ0n) is 18.9. The molecule has 7 nitrogen and oxygen atoms in total. The van der Waals surface area contributed by atoms with E-state index in [1.165, 1.54) is 40.7 Å². The highest BCUT2D eigenvalue weighted by Gasteiger charge is 2.19. The Morgan fingerprint density at radius 3 is 2.38 bits per heavy atom. The Morgan fingerprint density at radius 1 is 1.09 bits per heavy atom. The summed E-state index contributed by atoms with van der Waals surface area (Å²) in [5.74, 6) is -0.164. The SMILES string of the molecule is CCN(CC)CCN(C(=O)/C=C/c1ccc([N+](=O)[O-])cc1)c1nc2cc(C)c(C)cc2s1. The summed E-state index contributed by atoms with van der Waals surface area (Å²) < 4.78 is 1.06. The second-order valence-electron chi connectivity index (χ2n) is 7.60. The lowest BCUT2D eigenvalue weighted by Gasteiger charge is -2.23. The molecule has 0 aliphatic rings. The van der Waals surface area contributed by atoms with Crippen LogP contribution in [0.5, 0.6) is 0 Å². The van der Waals surface area contributed by atoms with Crippen molar-refractivity contribution in [2.45, 2.75) is 27.7 Å². The van der Waals surface area contributed by atoms with E-state index in [0.717, 1.165) is 35.4 Å². The number of benzene rings is 2. The fourth-order valence-electron chi connectivity index (χ4n) is 3.33. The van der Waals surface area contributed by atoms with Crippen molar-refractivity contribution >= 4 is 44.4 Å². The zero-order chi connectivity index (χ0) is 23.3. The quantitative estimate of drug-likeness (QED) is 0.253. The van der Waals surface area contributed by atoms with E-state index >= 15 is 0 Å². The summed E-state index contributed by atoms with van der Waals surface area (Å²) in [5.41, 5.74) is 4.02. The topological polar surface area (TPSA) is 79.6 Å². The van der Waals surface area contributed by atoms with E-state index in [-0.39, 0.29) is 11.6 Å². The Morgan fingerprint density at radius 2 is 1.75 bits per heavy atom. The van der Waals surface area contributed by atoms with Gasteiger partial charge in [0.1, 0.15) is 0 Å². The first kappa shape index (κ1) is 23.6. The van der Waals surface area contributed by atoms with Crippen molar-refractivity contribution in [1.82, 2.24) is 9.88 Å². The van der Waals surface area contributed by atoms with Crippen LogP contribution in [0.15, 0.2) is 42.5 Å². The fourth-order valence-corrected chi connectivity index (χ4v) is 4.41.